The fraction of sp³-hybridized carbons (Fsp3) is 0.565. The number of halogens is 3. The van der Waals surface area contributed by atoms with Crippen LogP contribution in [0.2, 0.25) is 0 Å². The molecule has 2 aliphatic rings. The number of amides is 4. The SMILES string of the molecule is CC(C)(C)C1CCC2(CC1)NC(=O)N(CC(=O)OCC(=O)Nc1ccc(C(F)(F)F)cc1)C2=O. The van der Waals surface area contributed by atoms with Crippen molar-refractivity contribution in [2.24, 2.45) is 11.3 Å². The number of hydrogen-bond donors (Lipinski definition) is 2. The van der Waals surface area contributed by atoms with E-state index in [1.54, 1.807) is 0 Å². The highest BCUT2D eigenvalue weighted by atomic mass is 19.4. The highest BCUT2D eigenvalue weighted by Gasteiger charge is 2.53. The van der Waals surface area contributed by atoms with Crippen molar-refractivity contribution in [2.45, 2.75) is 58.2 Å². The van der Waals surface area contributed by atoms with Crippen LogP contribution in [0.15, 0.2) is 24.3 Å². The molecule has 0 unspecified atom stereocenters. The first-order valence-electron chi connectivity index (χ1n) is 11.0. The van der Waals surface area contributed by atoms with Crippen LogP contribution in [0.3, 0.4) is 0 Å². The fourth-order valence-corrected chi connectivity index (χ4v) is 4.40. The van der Waals surface area contributed by atoms with Crippen LogP contribution in [-0.4, -0.2) is 47.4 Å². The van der Waals surface area contributed by atoms with Gasteiger partial charge in [0, 0.05) is 5.69 Å². The number of benzene rings is 1. The van der Waals surface area contributed by atoms with Crippen LogP contribution in [0.4, 0.5) is 23.7 Å². The van der Waals surface area contributed by atoms with Gasteiger partial charge in [0.25, 0.3) is 11.8 Å². The van der Waals surface area contributed by atoms with Crippen LogP contribution in [-0.2, 0) is 25.3 Å². The van der Waals surface area contributed by atoms with E-state index in [2.05, 4.69) is 31.4 Å². The summed E-state index contributed by atoms with van der Waals surface area (Å²) in [5, 5.41) is 5.04. The number of ether oxygens (including phenoxy) is 1. The zero-order valence-electron chi connectivity index (χ0n) is 19.3. The van der Waals surface area contributed by atoms with Crippen molar-refractivity contribution in [2.75, 3.05) is 18.5 Å². The lowest BCUT2D eigenvalue weighted by molar-refractivity contribution is -0.150. The quantitative estimate of drug-likeness (QED) is 0.491. The maximum atomic E-state index is 12.9. The van der Waals surface area contributed by atoms with E-state index in [1.165, 1.54) is 0 Å². The monoisotopic (exact) mass is 483 g/mol. The van der Waals surface area contributed by atoms with Crippen LogP contribution in [0.5, 0.6) is 0 Å². The van der Waals surface area contributed by atoms with E-state index in [0.717, 1.165) is 42.0 Å². The summed E-state index contributed by atoms with van der Waals surface area (Å²) in [5.74, 6) is -1.78. The number of imide groups is 1. The third-order valence-electron chi connectivity index (χ3n) is 6.46. The van der Waals surface area contributed by atoms with Crippen LogP contribution in [0.25, 0.3) is 0 Å². The molecule has 1 saturated carbocycles. The lowest BCUT2D eigenvalue weighted by Gasteiger charge is -2.40. The minimum absolute atomic E-state index is 0.0935. The Morgan fingerprint density at radius 3 is 2.24 bits per heavy atom. The molecule has 0 bridgehead atoms. The molecule has 1 saturated heterocycles. The Bertz CT molecular complexity index is 962. The van der Waals surface area contributed by atoms with Crippen LogP contribution in [0.1, 0.15) is 52.0 Å². The van der Waals surface area contributed by atoms with Gasteiger partial charge < -0.3 is 15.4 Å². The number of alkyl halides is 3. The van der Waals surface area contributed by atoms with Gasteiger partial charge in [-0.15, -0.1) is 0 Å². The molecule has 1 aliphatic carbocycles. The first-order valence-corrected chi connectivity index (χ1v) is 11.0. The number of anilines is 1. The fourth-order valence-electron chi connectivity index (χ4n) is 4.40. The third kappa shape index (κ3) is 5.68. The molecule has 0 atom stereocenters. The molecule has 1 spiro atoms. The highest BCUT2D eigenvalue weighted by molar-refractivity contribution is 6.08. The minimum atomic E-state index is -4.50. The number of esters is 1. The summed E-state index contributed by atoms with van der Waals surface area (Å²) in [7, 11) is 0. The van der Waals surface area contributed by atoms with Gasteiger partial charge in [-0.25, -0.2) is 4.79 Å². The number of nitrogens with one attached hydrogen (secondary N) is 2. The van der Waals surface area contributed by atoms with E-state index in [-0.39, 0.29) is 11.1 Å². The van der Waals surface area contributed by atoms with E-state index in [1.807, 2.05) is 0 Å². The van der Waals surface area contributed by atoms with Gasteiger partial charge in [0.15, 0.2) is 6.61 Å². The maximum absolute atomic E-state index is 12.9. The summed E-state index contributed by atoms with van der Waals surface area (Å²) >= 11 is 0. The normalized spacial score (nSPS) is 23.1. The topological polar surface area (TPSA) is 105 Å². The van der Waals surface area contributed by atoms with E-state index >= 15 is 0 Å². The average Bonchev–Trinajstić information content (AvgIpc) is 2.95. The lowest BCUT2D eigenvalue weighted by Crippen LogP contribution is -2.50. The van der Waals surface area contributed by atoms with Crippen molar-refractivity contribution in [3.63, 3.8) is 0 Å². The summed E-state index contributed by atoms with van der Waals surface area (Å²) in [5.41, 5.74) is -1.69. The Morgan fingerprint density at radius 2 is 1.71 bits per heavy atom. The van der Waals surface area contributed by atoms with Crippen LogP contribution < -0.4 is 10.6 Å². The van der Waals surface area contributed by atoms with Gasteiger partial charge in [0.1, 0.15) is 12.1 Å². The first kappa shape index (κ1) is 25.5. The van der Waals surface area contributed by atoms with Crippen molar-refractivity contribution in [1.29, 1.82) is 0 Å². The van der Waals surface area contributed by atoms with E-state index in [9.17, 15) is 32.3 Å². The van der Waals surface area contributed by atoms with Crippen molar-refractivity contribution >= 4 is 29.5 Å². The second kappa shape index (κ2) is 9.27. The Hall–Kier alpha value is -3.11. The van der Waals surface area contributed by atoms with Crippen LogP contribution >= 0.6 is 0 Å². The predicted molar refractivity (Wildman–Crippen MR) is 115 cm³/mol. The summed E-state index contributed by atoms with van der Waals surface area (Å²) in [6.07, 6.45) is -1.97. The molecule has 2 fully saturated rings. The van der Waals surface area contributed by atoms with E-state index in [0.29, 0.717) is 18.8 Å². The van der Waals surface area contributed by atoms with Gasteiger partial charge in [0.05, 0.1) is 5.56 Å². The molecule has 186 valence electrons. The summed E-state index contributed by atoms with van der Waals surface area (Å²) in [6, 6.07) is 3.09. The molecule has 11 heteroatoms. The number of hydrogen-bond acceptors (Lipinski definition) is 5. The number of carbonyl (C=O) groups excluding carboxylic acids is 4. The number of rotatable bonds is 5. The molecule has 1 aliphatic heterocycles. The average molecular weight is 483 g/mol. The van der Waals surface area contributed by atoms with Gasteiger partial charge in [-0.1, -0.05) is 20.8 Å². The van der Waals surface area contributed by atoms with Gasteiger partial charge in [-0.2, -0.15) is 13.2 Å². The Kier molecular flexibility index (Phi) is 6.95. The Morgan fingerprint density at radius 1 is 1.12 bits per heavy atom. The molecule has 34 heavy (non-hydrogen) atoms. The summed E-state index contributed by atoms with van der Waals surface area (Å²) < 4.78 is 42.6. The largest absolute Gasteiger partial charge is 0.454 e. The molecule has 8 nitrogen and oxygen atoms in total. The van der Waals surface area contributed by atoms with Crippen LogP contribution in [0, 0.1) is 11.3 Å². The maximum Gasteiger partial charge on any atom is 0.416 e. The van der Waals surface area contributed by atoms with Gasteiger partial charge in [0.2, 0.25) is 0 Å². The Labute approximate surface area is 195 Å². The zero-order chi connectivity index (χ0) is 25.3. The second-order valence-electron chi connectivity index (χ2n) is 9.83. The lowest BCUT2D eigenvalue weighted by atomic mass is 9.67. The highest BCUT2D eigenvalue weighted by Crippen LogP contribution is 2.43. The molecule has 1 aromatic carbocycles. The number of nitrogens with zero attached hydrogens (tertiary/aromatic N) is 1. The number of carbonyl (C=O) groups is 4. The molecule has 2 N–H and O–H groups in total. The Balaban J connectivity index is 1.49. The van der Waals surface area contributed by atoms with E-state index < -0.39 is 54.2 Å². The van der Waals surface area contributed by atoms with Gasteiger partial charge >= 0.3 is 18.2 Å². The molecule has 4 amide bonds. The molecule has 3 rings (SSSR count). The smallest absolute Gasteiger partial charge is 0.416 e. The summed E-state index contributed by atoms with van der Waals surface area (Å²) in [4.78, 5) is 50.2. The van der Waals surface area contributed by atoms with Crippen molar-refractivity contribution in [1.82, 2.24) is 10.2 Å². The second-order valence-corrected chi connectivity index (χ2v) is 9.83. The molecule has 0 radical (unpaired) electrons. The number of urea groups is 1. The van der Waals surface area contributed by atoms with Crippen molar-refractivity contribution < 1.29 is 37.1 Å². The van der Waals surface area contributed by atoms with Crippen molar-refractivity contribution in [3.8, 4) is 0 Å². The van der Waals surface area contributed by atoms with Crippen molar-refractivity contribution in [3.05, 3.63) is 29.8 Å². The molecule has 0 aromatic heterocycles. The van der Waals surface area contributed by atoms with E-state index in [4.69, 9.17) is 4.74 Å². The molecular formula is C23H28F3N3O5. The standard InChI is InChI=1S/C23H28F3N3O5/c1-21(2,3)14-8-10-22(11-9-14)19(32)29(20(33)28-22)12-18(31)34-13-17(30)27-16-6-4-15(5-7-16)23(24,25)26/h4-7,14H,8-13H2,1-3H3,(H,27,30)(H,28,33). The molecular weight excluding hydrogens is 455 g/mol. The first-order chi connectivity index (χ1) is 15.7. The summed E-state index contributed by atoms with van der Waals surface area (Å²) in [6.45, 7) is 5.06. The third-order valence-corrected chi connectivity index (χ3v) is 6.46. The molecule has 1 aromatic rings. The zero-order valence-corrected chi connectivity index (χ0v) is 19.3. The van der Waals surface area contributed by atoms with Gasteiger partial charge in [-0.3, -0.25) is 19.3 Å². The molecule has 1 heterocycles. The van der Waals surface area contributed by atoms with Gasteiger partial charge in [-0.05, 0) is 61.3 Å². The minimum Gasteiger partial charge on any atom is -0.454 e. The predicted octanol–water partition coefficient (Wildman–Crippen LogP) is 3.71.